The Balaban J connectivity index is 1.50. The highest BCUT2D eigenvalue weighted by Gasteiger charge is 2.24. The second kappa shape index (κ2) is 8.20. The van der Waals surface area contributed by atoms with Crippen LogP contribution in [0.25, 0.3) is 0 Å². The minimum absolute atomic E-state index is 0.0951. The van der Waals surface area contributed by atoms with E-state index in [4.69, 9.17) is 12.2 Å². The molecule has 0 atom stereocenters. The Morgan fingerprint density at radius 1 is 1.12 bits per heavy atom. The Bertz CT molecular complexity index is 845. The first-order valence-corrected chi connectivity index (χ1v) is 8.68. The predicted molar refractivity (Wildman–Crippen MR) is 99.0 cm³/mol. The van der Waals surface area contributed by atoms with Crippen molar-refractivity contribution < 1.29 is 14.0 Å². The van der Waals surface area contributed by atoms with Gasteiger partial charge in [0.1, 0.15) is 10.5 Å². The summed E-state index contributed by atoms with van der Waals surface area (Å²) in [5.74, 6) is -0.605. The van der Waals surface area contributed by atoms with E-state index in [9.17, 15) is 14.0 Å². The van der Waals surface area contributed by atoms with E-state index < -0.39 is 0 Å². The standard InChI is InChI=1S/C18H19FN4O2S/c19-13-3-5-14(6-4-13)21-16(24)12-22-8-10-23(11-9-22)18(25)15-2-1-7-20-17(15)26/h1-7H,8-12H2,(H,20,26)(H,21,24). The smallest absolute Gasteiger partial charge is 0.256 e. The SMILES string of the molecule is O=C(CN1CCN(C(=O)c2ccc[nH]c2=S)CC1)Nc1ccc(F)cc1. The zero-order valence-electron chi connectivity index (χ0n) is 14.1. The van der Waals surface area contributed by atoms with Crippen molar-refractivity contribution in [2.75, 3.05) is 38.0 Å². The van der Waals surface area contributed by atoms with E-state index >= 15 is 0 Å². The first-order chi connectivity index (χ1) is 12.5. The Hall–Kier alpha value is -2.58. The number of aromatic nitrogens is 1. The zero-order chi connectivity index (χ0) is 18.5. The van der Waals surface area contributed by atoms with Gasteiger partial charge in [0.2, 0.25) is 5.91 Å². The molecule has 0 unspecified atom stereocenters. The van der Waals surface area contributed by atoms with Crippen LogP contribution < -0.4 is 5.32 Å². The highest BCUT2D eigenvalue weighted by Crippen LogP contribution is 2.11. The Kier molecular flexibility index (Phi) is 5.75. The van der Waals surface area contributed by atoms with Crippen molar-refractivity contribution in [3.63, 3.8) is 0 Å². The lowest BCUT2D eigenvalue weighted by Gasteiger charge is -2.34. The third kappa shape index (κ3) is 4.53. The third-order valence-electron chi connectivity index (χ3n) is 4.20. The fraction of sp³-hybridized carbons (Fsp3) is 0.278. The average Bonchev–Trinajstić information content (AvgIpc) is 2.64. The maximum Gasteiger partial charge on any atom is 0.256 e. The normalized spacial score (nSPS) is 14.9. The molecule has 2 amide bonds. The van der Waals surface area contributed by atoms with Gasteiger partial charge in [0.15, 0.2) is 0 Å². The number of piperazine rings is 1. The summed E-state index contributed by atoms with van der Waals surface area (Å²) >= 11 is 5.16. The molecule has 1 aliphatic heterocycles. The number of carbonyl (C=O) groups is 2. The van der Waals surface area contributed by atoms with E-state index in [0.717, 1.165) is 0 Å². The molecule has 0 radical (unpaired) electrons. The zero-order valence-corrected chi connectivity index (χ0v) is 14.9. The summed E-state index contributed by atoms with van der Waals surface area (Å²) in [7, 11) is 0. The van der Waals surface area contributed by atoms with Crippen LogP contribution in [0.15, 0.2) is 42.6 Å². The number of aromatic amines is 1. The van der Waals surface area contributed by atoms with Gasteiger partial charge in [0, 0.05) is 38.1 Å². The van der Waals surface area contributed by atoms with Gasteiger partial charge in [-0.3, -0.25) is 14.5 Å². The summed E-state index contributed by atoms with van der Waals surface area (Å²) in [5, 5.41) is 2.74. The average molecular weight is 374 g/mol. The Morgan fingerprint density at radius 3 is 2.46 bits per heavy atom. The Labute approximate surface area is 155 Å². The van der Waals surface area contributed by atoms with Gasteiger partial charge in [0.05, 0.1) is 12.1 Å². The summed E-state index contributed by atoms with van der Waals surface area (Å²) in [4.78, 5) is 31.2. The molecule has 3 rings (SSSR count). The van der Waals surface area contributed by atoms with Crippen LogP contribution in [0.3, 0.4) is 0 Å². The van der Waals surface area contributed by atoms with Crippen LogP contribution in [0.2, 0.25) is 0 Å². The van der Waals surface area contributed by atoms with Crippen LogP contribution >= 0.6 is 12.2 Å². The van der Waals surface area contributed by atoms with Crippen molar-refractivity contribution in [1.29, 1.82) is 0 Å². The molecule has 0 spiro atoms. The number of pyridine rings is 1. The number of rotatable bonds is 4. The van der Waals surface area contributed by atoms with Crippen LogP contribution in [0, 0.1) is 10.5 Å². The van der Waals surface area contributed by atoms with Gasteiger partial charge >= 0.3 is 0 Å². The van der Waals surface area contributed by atoms with Gasteiger partial charge in [-0.1, -0.05) is 12.2 Å². The van der Waals surface area contributed by atoms with E-state index in [1.165, 1.54) is 24.3 Å². The molecule has 2 heterocycles. The highest BCUT2D eigenvalue weighted by atomic mass is 32.1. The molecule has 0 aliphatic carbocycles. The number of nitrogens with one attached hydrogen (secondary N) is 2. The lowest BCUT2D eigenvalue weighted by atomic mass is 10.2. The van der Waals surface area contributed by atoms with E-state index in [1.54, 1.807) is 23.2 Å². The lowest BCUT2D eigenvalue weighted by Crippen LogP contribution is -2.50. The van der Waals surface area contributed by atoms with Gasteiger partial charge < -0.3 is 15.2 Å². The van der Waals surface area contributed by atoms with Crippen LogP contribution in [-0.4, -0.2) is 59.3 Å². The van der Waals surface area contributed by atoms with E-state index in [-0.39, 0.29) is 24.2 Å². The molecule has 6 nitrogen and oxygen atoms in total. The molecule has 1 aromatic heterocycles. The summed E-state index contributed by atoms with van der Waals surface area (Å²) in [6, 6.07) is 9.10. The third-order valence-corrected chi connectivity index (χ3v) is 4.54. The van der Waals surface area contributed by atoms with Crippen LogP contribution in [0.4, 0.5) is 10.1 Å². The minimum atomic E-state index is -0.345. The molecule has 1 saturated heterocycles. The monoisotopic (exact) mass is 374 g/mol. The molecule has 0 saturated carbocycles. The van der Waals surface area contributed by atoms with Gasteiger partial charge in [0.25, 0.3) is 5.91 Å². The van der Waals surface area contributed by atoms with Gasteiger partial charge in [-0.2, -0.15) is 0 Å². The summed E-state index contributed by atoms with van der Waals surface area (Å²) in [6.07, 6.45) is 1.69. The van der Waals surface area contributed by atoms with Gasteiger partial charge in [-0.05, 0) is 36.4 Å². The highest BCUT2D eigenvalue weighted by molar-refractivity contribution is 7.71. The molecule has 1 fully saturated rings. The van der Waals surface area contributed by atoms with Crippen molar-refractivity contribution in [3.05, 3.63) is 58.6 Å². The first kappa shape index (κ1) is 18.2. The van der Waals surface area contributed by atoms with E-state index in [1.807, 2.05) is 4.90 Å². The van der Waals surface area contributed by atoms with Crippen LogP contribution in [0.5, 0.6) is 0 Å². The van der Waals surface area contributed by atoms with Crippen molar-refractivity contribution in [2.24, 2.45) is 0 Å². The predicted octanol–water partition coefficient (Wildman–Crippen LogP) is 2.28. The van der Waals surface area contributed by atoms with Crippen molar-refractivity contribution in [1.82, 2.24) is 14.8 Å². The second-order valence-electron chi connectivity index (χ2n) is 6.04. The fourth-order valence-corrected chi connectivity index (χ4v) is 3.03. The molecule has 2 aromatic rings. The minimum Gasteiger partial charge on any atom is -0.352 e. The number of halogens is 1. The molecule has 0 bridgehead atoms. The van der Waals surface area contributed by atoms with Crippen molar-refractivity contribution in [3.8, 4) is 0 Å². The van der Waals surface area contributed by atoms with E-state index in [2.05, 4.69) is 10.3 Å². The topological polar surface area (TPSA) is 68.4 Å². The molecule has 1 aromatic carbocycles. The Morgan fingerprint density at radius 2 is 1.81 bits per heavy atom. The van der Waals surface area contributed by atoms with Crippen molar-refractivity contribution >= 4 is 29.7 Å². The quantitative estimate of drug-likeness (QED) is 0.806. The maximum atomic E-state index is 12.9. The van der Waals surface area contributed by atoms with Gasteiger partial charge in [-0.25, -0.2) is 4.39 Å². The first-order valence-electron chi connectivity index (χ1n) is 8.28. The number of anilines is 1. The largest absolute Gasteiger partial charge is 0.352 e. The summed E-state index contributed by atoms with van der Waals surface area (Å²) < 4.78 is 13.3. The number of carbonyl (C=O) groups excluding carboxylic acids is 2. The molecular formula is C18H19FN4O2S. The molecular weight excluding hydrogens is 355 g/mol. The number of nitrogens with zero attached hydrogens (tertiary/aromatic N) is 2. The van der Waals surface area contributed by atoms with Crippen molar-refractivity contribution in [2.45, 2.75) is 0 Å². The number of H-pyrrole nitrogens is 1. The molecule has 2 N–H and O–H groups in total. The lowest BCUT2D eigenvalue weighted by molar-refractivity contribution is -0.117. The van der Waals surface area contributed by atoms with E-state index in [0.29, 0.717) is 42.1 Å². The maximum absolute atomic E-state index is 12.9. The number of benzene rings is 1. The number of amides is 2. The summed E-state index contributed by atoms with van der Waals surface area (Å²) in [6.45, 7) is 2.50. The molecule has 8 heteroatoms. The van der Waals surface area contributed by atoms with Crippen LogP contribution in [0.1, 0.15) is 10.4 Å². The second-order valence-corrected chi connectivity index (χ2v) is 6.44. The summed E-state index contributed by atoms with van der Waals surface area (Å²) in [5.41, 5.74) is 1.05. The molecule has 26 heavy (non-hydrogen) atoms. The fourth-order valence-electron chi connectivity index (χ4n) is 2.81. The van der Waals surface area contributed by atoms with Gasteiger partial charge in [-0.15, -0.1) is 0 Å². The number of hydrogen-bond acceptors (Lipinski definition) is 4. The molecule has 136 valence electrons. The molecule has 1 aliphatic rings. The van der Waals surface area contributed by atoms with Crippen LogP contribution in [-0.2, 0) is 4.79 Å². The number of hydrogen-bond donors (Lipinski definition) is 2.